The molecule has 0 aliphatic carbocycles. The molecule has 1 saturated heterocycles. The average molecular weight is 435 g/mol. The third-order valence-electron chi connectivity index (χ3n) is 4.59. The maximum atomic E-state index is 13.9. The summed E-state index contributed by atoms with van der Waals surface area (Å²) < 4.78 is 44.1. The smallest absolute Gasteiger partial charge is 0.340 e. The molecular formula is C20H22FN3O5S. The lowest BCUT2D eigenvalue weighted by Crippen LogP contribution is -2.50. The minimum absolute atomic E-state index is 0.0140. The fraction of sp³-hybridized carbons (Fsp3) is 0.300. The molecule has 0 atom stereocenters. The van der Waals surface area contributed by atoms with Crippen molar-refractivity contribution in [1.82, 2.24) is 4.90 Å². The monoisotopic (exact) mass is 435 g/mol. The number of halogens is 1. The Morgan fingerprint density at radius 3 is 2.33 bits per heavy atom. The molecule has 8 nitrogen and oxygen atoms in total. The van der Waals surface area contributed by atoms with E-state index in [9.17, 15) is 22.4 Å². The number of nitrogens with zero attached hydrogens (tertiary/aromatic N) is 2. The Morgan fingerprint density at radius 2 is 1.67 bits per heavy atom. The fourth-order valence-corrected chi connectivity index (χ4v) is 3.73. The number of carbonyl (C=O) groups excluding carboxylic acids is 2. The Hall–Kier alpha value is -3.14. The van der Waals surface area contributed by atoms with Crippen LogP contribution in [0.4, 0.5) is 15.8 Å². The van der Waals surface area contributed by atoms with Gasteiger partial charge in [0.1, 0.15) is 5.82 Å². The molecule has 0 saturated carbocycles. The normalized spacial score (nSPS) is 14.3. The molecule has 3 rings (SSSR count). The zero-order valence-corrected chi connectivity index (χ0v) is 17.2. The van der Waals surface area contributed by atoms with Gasteiger partial charge in [-0.3, -0.25) is 9.52 Å². The molecule has 1 N–H and O–H groups in total. The molecule has 0 spiro atoms. The Bertz CT molecular complexity index is 1040. The van der Waals surface area contributed by atoms with Gasteiger partial charge in [0.25, 0.3) is 5.91 Å². The van der Waals surface area contributed by atoms with E-state index >= 15 is 0 Å². The van der Waals surface area contributed by atoms with Crippen LogP contribution in [-0.2, 0) is 19.6 Å². The van der Waals surface area contributed by atoms with Crippen LogP contribution in [0.3, 0.4) is 0 Å². The van der Waals surface area contributed by atoms with Gasteiger partial charge in [-0.05, 0) is 24.3 Å². The first-order valence-electron chi connectivity index (χ1n) is 9.26. The summed E-state index contributed by atoms with van der Waals surface area (Å²) in [4.78, 5) is 28.1. The Balaban J connectivity index is 1.54. The van der Waals surface area contributed by atoms with Crippen molar-refractivity contribution in [3.05, 3.63) is 59.9 Å². The van der Waals surface area contributed by atoms with Gasteiger partial charge in [-0.15, -0.1) is 0 Å². The second-order valence-electron chi connectivity index (χ2n) is 6.82. The van der Waals surface area contributed by atoms with Crippen molar-refractivity contribution in [2.24, 2.45) is 0 Å². The molecule has 10 heteroatoms. The van der Waals surface area contributed by atoms with Crippen molar-refractivity contribution in [2.45, 2.75) is 0 Å². The van der Waals surface area contributed by atoms with Gasteiger partial charge in [-0.2, -0.15) is 0 Å². The molecule has 1 amide bonds. The van der Waals surface area contributed by atoms with E-state index in [4.69, 9.17) is 4.74 Å². The first-order valence-corrected chi connectivity index (χ1v) is 11.1. The average Bonchev–Trinajstić information content (AvgIpc) is 2.71. The number of benzene rings is 2. The summed E-state index contributed by atoms with van der Waals surface area (Å²) in [5.41, 5.74) is 0.585. The molecule has 1 aliphatic heterocycles. The Kier molecular flexibility index (Phi) is 6.56. The summed E-state index contributed by atoms with van der Waals surface area (Å²) >= 11 is 0. The number of hydrogen-bond acceptors (Lipinski definition) is 6. The maximum absolute atomic E-state index is 13.9. The second-order valence-corrected chi connectivity index (χ2v) is 8.56. The molecule has 0 bridgehead atoms. The molecule has 1 heterocycles. The van der Waals surface area contributed by atoms with Crippen LogP contribution >= 0.6 is 0 Å². The molecule has 0 radical (unpaired) electrons. The lowest BCUT2D eigenvalue weighted by molar-refractivity contribution is -0.134. The number of anilines is 2. The molecule has 30 heavy (non-hydrogen) atoms. The Labute approximate surface area is 174 Å². The number of amides is 1. The highest BCUT2D eigenvalue weighted by molar-refractivity contribution is 7.92. The number of esters is 1. The summed E-state index contributed by atoms with van der Waals surface area (Å²) in [5, 5.41) is 0. The zero-order valence-electron chi connectivity index (χ0n) is 16.4. The summed E-state index contributed by atoms with van der Waals surface area (Å²) in [6.07, 6.45) is 0.972. The van der Waals surface area contributed by atoms with E-state index in [0.29, 0.717) is 31.9 Å². The van der Waals surface area contributed by atoms with E-state index in [1.807, 2.05) is 4.90 Å². The van der Waals surface area contributed by atoms with E-state index in [1.54, 1.807) is 35.2 Å². The minimum atomic E-state index is -3.58. The summed E-state index contributed by atoms with van der Waals surface area (Å²) in [6.45, 7) is 1.20. The molecular weight excluding hydrogens is 413 g/mol. The standard InChI is InChI=1S/C20H22FN3O5S/c1-30(27,28)22-17-8-4-2-6-15(17)20(26)29-14-19(25)24-12-10-23(11-13-24)18-9-5-3-7-16(18)21/h2-9,22H,10-14H2,1H3. The van der Waals surface area contributed by atoms with Crippen molar-refractivity contribution >= 4 is 33.3 Å². The van der Waals surface area contributed by atoms with Crippen LogP contribution in [0, 0.1) is 5.82 Å². The highest BCUT2D eigenvalue weighted by Gasteiger charge is 2.24. The molecule has 1 aliphatic rings. The van der Waals surface area contributed by atoms with Crippen LogP contribution in [-0.4, -0.2) is 64.2 Å². The number of para-hydroxylation sites is 2. The number of rotatable bonds is 6. The predicted molar refractivity (Wildman–Crippen MR) is 110 cm³/mol. The molecule has 160 valence electrons. The third kappa shape index (κ3) is 5.47. The van der Waals surface area contributed by atoms with Crippen molar-refractivity contribution in [3.8, 4) is 0 Å². The van der Waals surface area contributed by atoms with Crippen LogP contribution in [0.15, 0.2) is 48.5 Å². The van der Waals surface area contributed by atoms with Gasteiger partial charge in [-0.1, -0.05) is 24.3 Å². The SMILES string of the molecule is CS(=O)(=O)Nc1ccccc1C(=O)OCC(=O)N1CCN(c2ccccc2F)CC1. The van der Waals surface area contributed by atoms with Gasteiger partial charge in [0.05, 0.1) is 23.2 Å². The lowest BCUT2D eigenvalue weighted by atomic mass is 10.2. The van der Waals surface area contributed by atoms with Crippen LogP contribution in [0.5, 0.6) is 0 Å². The fourth-order valence-electron chi connectivity index (χ4n) is 3.15. The molecule has 0 aromatic heterocycles. The van der Waals surface area contributed by atoms with Crippen LogP contribution in [0.25, 0.3) is 0 Å². The topological polar surface area (TPSA) is 96.0 Å². The van der Waals surface area contributed by atoms with Gasteiger partial charge in [-0.25, -0.2) is 17.6 Å². The van der Waals surface area contributed by atoms with Crippen molar-refractivity contribution < 1.29 is 27.1 Å². The first kappa shape index (κ1) is 21.6. The first-order chi connectivity index (χ1) is 14.2. The minimum Gasteiger partial charge on any atom is -0.452 e. The number of piperazine rings is 1. The van der Waals surface area contributed by atoms with E-state index in [2.05, 4.69) is 4.72 Å². The van der Waals surface area contributed by atoms with Gasteiger partial charge in [0.2, 0.25) is 10.0 Å². The molecule has 0 unspecified atom stereocenters. The second kappa shape index (κ2) is 9.12. The van der Waals surface area contributed by atoms with Crippen LogP contribution in [0.2, 0.25) is 0 Å². The number of nitrogens with one attached hydrogen (secondary N) is 1. The molecule has 1 fully saturated rings. The molecule has 2 aromatic rings. The van der Waals surface area contributed by atoms with Crippen molar-refractivity contribution in [1.29, 1.82) is 0 Å². The van der Waals surface area contributed by atoms with Gasteiger partial charge >= 0.3 is 5.97 Å². The van der Waals surface area contributed by atoms with Gasteiger partial charge in [0, 0.05) is 26.2 Å². The maximum Gasteiger partial charge on any atom is 0.340 e. The van der Waals surface area contributed by atoms with Crippen LogP contribution in [0.1, 0.15) is 10.4 Å². The lowest BCUT2D eigenvalue weighted by Gasteiger charge is -2.36. The predicted octanol–water partition coefficient (Wildman–Crippen LogP) is 1.70. The number of ether oxygens (including phenoxy) is 1. The number of carbonyl (C=O) groups is 2. The van der Waals surface area contributed by atoms with Crippen molar-refractivity contribution in [3.63, 3.8) is 0 Å². The largest absolute Gasteiger partial charge is 0.452 e. The van der Waals surface area contributed by atoms with E-state index < -0.39 is 22.6 Å². The van der Waals surface area contributed by atoms with E-state index in [-0.39, 0.29) is 23.0 Å². The Morgan fingerprint density at radius 1 is 1.03 bits per heavy atom. The summed E-state index contributed by atoms with van der Waals surface area (Å²) in [7, 11) is -3.58. The summed E-state index contributed by atoms with van der Waals surface area (Å²) in [6, 6.07) is 12.4. The van der Waals surface area contributed by atoms with E-state index in [1.165, 1.54) is 18.2 Å². The highest BCUT2D eigenvalue weighted by Crippen LogP contribution is 2.20. The van der Waals surface area contributed by atoms with Crippen molar-refractivity contribution in [2.75, 3.05) is 48.7 Å². The number of sulfonamides is 1. The third-order valence-corrected chi connectivity index (χ3v) is 5.19. The zero-order chi connectivity index (χ0) is 21.7. The van der Waals surface area contributed by atoms with E-state index in [0.717, 1.165) is 6.26 Å². The molecule has 2 aromatic carbocycles. The summed E-state index contributed by atoms with van der Waals surface area (Å²) in [5.74, 6) is -1.49. The van der Waals surface area contributed by atoms with Gasteiger partial charge in [0.15, 0.2) is 6.61 Å². The highest BCUT2D eigenvalue weighted by atomic mass is 32.2. The number of hydrogen-bond donors (Lipinski definition) is 1. The quantitative estimate of drug-likeness (QED) is 0.694. The van der Waals surface area contributed by atoms with Gasteiger partial charge < -0.3 is 14.5 Å². The van der Waals surface area contributed by atoms with Crippen LogP contribution < -0.4 is 9.62 Å².